The third-order valence-corrected chi connectivity index (χ3v) is 4.01. The fraction of sp³-hybridized carbons (Fsp3) is 0.562. The number of carbonyl (C=O) groups excluding carboxylic acids is 1. The second kappa shape index (κ2) is 5.83. The van der Waals surface area contributed by atoms with Crippen molar-refractivity contribution >= 4 is 11.8 Å². The average molecular weight is 275 g/mol. The molecule has 0 spiro atoms. The van der Waals surface area contributed by atoms with Crippen molar-refractivity contribution in [2.24, 2.45) is 0 Å². The largest absolute Gasteiger partial charge is 0.447 e. The zero-order chi connectivity index (χ0) is 13.9. The van der Waals surface area contributed by atoms with Crippen LogP contribution in [-0.2, 0) is 15.9 Å². The van der Waals surface area contributed by atoms with E-state index in [-0.39, 0.29) is 12.2 Å². The maximum absolute atomic E-state index is 11.8. The molecule has 108 valence electrons. The highest BCUT2D eigenvalue weighted by molar-refractivity contribution is 5.90. The van der Waals surface area contributed by atoms with Crippen LogP contribution in [-0.4, -0.2) is 32.0 Å². The van der Waals surface area contributed by atoms with Gasteiger partial charge in [-0.1, -0.05) is 17.7 Å². The highest BCUT2D eigenvalue weighted by Crippen LogP contribution is 2.28. The fourth-order valence-electron chi connectivity index (χ4n) is 2.97. The van der Waals surface area contributed by atoms with E-state index in [1.54, 1.807) is 4.90 Å². The van der Waals surface area contributed by atoms with Gasteiger partial charge in [-0.3, -0.25) is 4.90 Å². The van der Waals surface area contributed by atoms with Gasteiger partial charge >= 0.3 is 6.09 Å². The van der Waals surface area contributed by atoms with Crippen molar-refractivity contribution in [1.29, 1.82) is 0 Å². The van der Waals surface area contributed by atoms with Crippen LogP contribution >= 0.6 is 0 Å². The third kappa shape index (κ3) is 2.80. The topological polar surface area (TPSA) is 38.8 Å². The number of aryl methyl sites for hydroxylation is 1. The van der Waals surface area contributed by atoms with E-state index in [9.17, 15) is 4.79 Å². The van der Waals surface area contributed by atoms with E-state index in [4.69, 9.17) is 9.47 Å². The molecule has 0 N–H and O–H groups in total. The molecule has 1 aromatic rings. The van der Waals surface area contributed by atoms with Gasteiger partial charge in [0.2, 0.25) is 0 Å². The van der Waals surface area contributed by atoms with E-state index in [0.29, 0.717) is 13.2 Å². The summed E-state index contributed by atoms with van der Waals surface area (Å²) in [4.78, 5) is 13.5. The first-order chi connectivity index (χ1) is 9.74. The van der Waals surface area contributed by atoms with E-state index < -0.39 is 0 Å². The summed E-state index contributed by atoms with van der Waals surface area (Å²) in [6.07, 6.45) is 4.42. The van der Waals surface area contributed by atoms with Crippen LogP contribution in [0.15, 0.2) is 18.2 Å². The lowest BCUT2D eigenvalue weighted by Crippen LogP contribution is -2.27. The van der Waals surface area contributed by atoms with Gasteiger partial charge in [0.15, 0.2) is 0 Å². The summed E-state index contributed by atoms with van der Waals surface area (Å²) < 4.78 is 10.9. The van der Waals surface area contributed by atoms with Crippen LogP contribution in [0.3, 0.4) is 0 Å². The molecule has 0 aromatic heterocycles. The van der Waals surface area contributed by atoms with Gasteiger partial charge in [-0.05, 0) is 37.8 Å². The highest BCUT2D eigenvalue weighted by atomic mass is 16.6. The van der Waals surface area contributed by atoms with Gasteiger partial charge in [-0.25, -0.2) is 4.79 Å². The summed E-state index contributed by atoms with van der Waals surface area (Å²) in [7, 11) is 0. The zero-order valence-corrected chi connectivity index (χ0v) is 11.9. The molecule has 2 aliphatic heterocycles. The summed E-state index contributed by atoms with van der Waals surface area (Å²) in [5, 5.41) is 0. The Kier molecular flexibility index (Phi) is 3.92. The normalized spacial score (nSPS) is 22.9. The Balaban J connectivity index is 1.83. The Hall–Kier alpha value is -1.55. The predicted octanol–water partition coefficient (Wildman–Crippen LogP) is 3.06. The van der Waals surface area contributed by atoms with E-state index in [1.807, 2.05) is 12.1 Å². The van der Waals surface area contributed by atoms with Gasteiger partial charge in [0.05, 0.1) is 18.3 Å². The van der Waals surface area contributed by atoms with Crippen molar-refractivity contribution in [3.8, 4) is 0 Å². The van der Waals surface area contributed by atoms with Crippen LogP contribution in [0.1, 0.15) is 30.4 Å². The van der Waals surface area contributed by atoms with Crippen LogP contribution in [0.2, 0.25) is 0 Å². The monoisotopic (exact) mass is 275 g/mol. The second-order valence-electron chi connectivity index (χ2n) is 5.59. The number of hydrogen-bond donors (Lipinski definition) is 0. The molecule has 1 amide bonds. The first-order valence-corrected chi connectivity index (χ1v) is 7.39. The van der Waals surface area contributed by atoms with Gasteiger partial charge in [0.25, 0.3) is 0 Å². The molecule has 0 aliphatic carbocycles. The van der Waals surface area contributed by atoms with Crippen molar-refractivity contribution in [1.82, 2.24) is 0 Å². The van der Waals surface area contributed by atoms with Crippen molar-refractivity contribution in [3.63, 3.8) is 0 Å². The van der Waals surface area contributed by atoms with Gasteiger partial charge in [0.1, 0.15) is 6.61 Å². The SMILES string of the molecule is Cc1ccc(N2CCOC2=O)c(C[C@H]2CCCCO2)c1. The highest BCUT2D eigenvalue weighted by Gasteiger charge is 2.26. The molecule has 3 rings (SSSR count). The molecular formula is C16H21NO3. The molecule has 1 atom stereocenters. The standard InChI is InChI=1S/C16H21NO3/c1-12-5-6-15(17-7-9-20-16(17)18)13(10-12)11-14-4-2-3-8-19-14/h5-6,10,14H,2-4,7-9,11H2,1H3/t14-/m1/s1. The molecule has 0 radical (unpaired) electrons. The Morgan fingerprint density at radius 2 is 2.20 bits per heavy atom. The number of cyclic esters (lactones) is 1. The Morgan fingerprint density at radius 3 is 2.90 bits per heavy atom. The maximum Gasteiger partial charge on any atom is 0.414 e. The van der Waals surface area contributed by atoms with Gasteiger partial charge in [-0.15, -0.1) is 0 Å². The number of carbonyl (C=O) groups is 1. The first kappa shape index (κ1) is 13.4. The number of rotatable bonds is 3. The summed E-state index contributed by atoms with van der Waals surface area (Å²) >= 11 is 0. The van der Waals surface area contributed by atoms with Crippen molar-refractivity contribution in [2.75, 3.05) is 24.7 Å². The maximum atomic E-state index is 11.8. The Bertz CT molecular complexity index is 494. The lowest BCUT2D eigenvalue weighted by atomic mass is 9.98. The lowest BCUT2D eigenvalue weighted by Gasteiger charge is -2.25. The minimum atomic E-state index is -0.236. The Morgan fingerprint density at radius 1 is 1.30 bits per heavy atom. The molecule has 2 heterocycles. The summed E-state index contributed by atoms with van der Waals surface area (Å²) in [5.74, 6) is 0. The molecule has 0 unspecified atom stereocenters. The van der Waals surface area contributed by atoms with Crippen molar-refractivity contribution in [2.45, 2.75) is 38.7 Å². The van der Waals surface area contributed by atoms with E-state index in [0.717, 1.165) is 31.6 Å². The van der Waals surface area contributed by atoms with Crippen LogP contribution in [0.25, 0.3) is 0 Å². The Labute approximate surface area is 119 Å². The van der Waals surface area contributed by atoms with Crippen LogP contribution in [0.5, 0.6) is 0 Å². The van der Waals surface area contributed by atoms with Gasteiger partial charge < -0.3 is 9.47 Å². The van der Waals surface area contributed by atoms with Gasteiger partial charge in [0, 0.05) is 13.0 Å². The van der Waals surface area contributed by atoms with Crippen LogP contribution < -0.4 is 4.90 Å². The molecular weight excluding hydrogens is 254 g/mol. The molecule has 4 heteroatoms. The molecule has 1 aromatic carbocycles. The molecule has 4 nitrogen and oxygen atoms in total. The predicted molar refractivity (Wildman–Crippen MR) is 77.2 cm³/mol. The summed E-state index contributed by atoms with van der Waals surface area (Å²) in [6.45, 7) is 4.06. The number of nitrogens with zero attached hydrogens (tertiary/aromatic N) is 1. The summed E-state index contributed by atoms with van der Waals surface area (Å²) in [6, 6.07) is 6.24. The minimum absolute atomic E-state index is 0.236. The van der Waals surface area contributed by atoms with Gasteiger partial charge in [-0.2, -0.15) is 0 Å². The lowest BCUT2D eigenvalue weighted by molar-refractivity contribution is 0.0168. The molecule has 0 saturated carbocycles. The number of hydrogen-bond acceptors (Lipinski definition) is 3. The van der Waals surface area contributed by atoms with Crippen LogP contribution in [0, 0.1) is 6.92 Å². The number of amides is 1. The van der Waals surface area contributed by atoms with Crippen molar-refractivity contribution in [3.05, 3.63) is 29.3 Å². The van der Waals surface area contributed by atoms with E-state index >= 15 is 0 Å². The molecule has 2 aliphatic rings. The second-order valence-corrected chi connectivity index (χ2v) is 5.59. The zero-order valence-electron chi connectivity index (χ0n) is 11.9. The molecule has 2 saturated heterocycles. The average Bonchev–Trinajstić information content (AvgIpc) is 2.86. The smallest absolute Gasteiger partial charge is 0.414 e. The first-order valence-electron chi connectivity index (χ1n) is 7.39. The number of ether oxygens (including phenoxy) is 2. The molecule has 2 fully saturated rings. The number of anilines is 1. The third-order valence-electron chi connectivity index (χ3n) is 4.01. The van der Waals surface area contributed by atoms with E-state index in [1.165, 1.54) is 17.5 Å². The van der Waals surface area contributed by atoms with Crippen molar-refractivity contribution < 1.29 is 14.3 Å². The van der Waals surface area contributed by atoms with Crippen LogP contribution in [0.4, 0.5) is 10.5 Å². The number of benzene rings is 1. The molecule has 20 heavy (non-hydrogen) atoms. The molecule has 0 bridgehead atoms. The summed E-state index contributed by atoms with van der Waals surface area (Å²) in [5.41, 5.74) is 3.38. The fourth-order valence-corrected chi connectivity index (χ4v) is 2.97. The van der Waals surface area contributed by atoms with E-state index in [2.05, 4.69) is 13.0 Å². The minimum Gasteiger partial charge on any atom is -0.447 e. The quantitative estimate of drug-likeness (QED) is 0.851.